The third-order valence-corrected chi connectivity index (χ3v) is 5.20. The van der Waals surface area contributed by atoms with Crippen molar-refractivity contribution in [3.8, 4) is 0 Å². The number of likely N-dealkylation sites (N-methyl/N-ethyl adjacent to an activating group) is 2. The molecular weight excluding hydrogens is 332 g/mol. The quantitative estimate of drug-likeness (QED) is 0.352. The second-order valence-electron chi connectivity index (χ2n) is 7.00. The Morgan fingerprint density at radius 1 is 0.682 bits per heavy atom. The summed E-state index contributed by atoms with van der Waals surface area (Å²) in [6, 6.07) is 0. The molecule has 10 heteroatoms. The molecule has 0 radical (unpaired) electrons. The first kappa shape index (κ1) is 21.7. The van der Waals surface area contributed by atoms with Crippen LogP contribution in [0.5, 0.6) is 0 Å². The lowest BCUT2D eigenvalue weighted by atomic mass is 10.3. The van der Waals surface area contributed by atoms with Crippen molar-refractivity contribution in [3.05, 3.63) is 0 Å². The van der Waals surface area contributed by atoms with Gasteiger partial charge in [-0.25, -0.2) is 16.8 Å². The van der Waals surface area contributed by atoms with Gasteiger partial charge in [0.2, 0.25) is 0 Å². The van der Waals surface area contributed by atoms with Crippen LogP contribution in [-0.2, 0) is 20.2 Å². The van der Waals surface area contributed by atoms with Crippen LogP contribution in [0.15, 0.2) is 0 Å². The molecule has 0 saturated heterocycles. The molecule has 0 rings (SSSR count). The van der Waals surface area contributed by atoms with Gasteiger partial charge in [0.1, 0.15) is 13.1 Å². The maximum atomic E-state index is 10.6. The largest absolute Gasteiger partial charge is 1.00 e. The van der Waals surface area contributed by atoms with Crippen molar-refractivity contribution in [2.75, 3.05) is 65.9 Å². The van der Waals surface area contributed by atoms with E-state index in [4.69, 9.17) is 0 Å². The number of quaternary nitrogens is 2. The Balaban J connectivity index is -0.00000220. The van der Waals surface area contributed by atoms with Gasteiger partial charge in [0.25, 0.3) is 0 Å². The highest BCUT2D eigenvalue weighted by Gasteiger charge is 2.22. The third-order valence-electron chi connectivity index (χ3n) is 3.63. The highest BCUT2D eigenvalue weighted by Crippen LogP contribution is 2.06. The van der Waals surface area contributed by atoms with Gasteiger partial charge in [-0.05, 0) is 0 Å². The molecule has 0 aromatic rings. The Morgan fingerprint density at radius 2 is 0.955 bits per heavy atom. The van der Waals surface area contributed by atoms with Crippen LogP contribution in [0.3, 0.4) is 0 Å². The van der Waals surface area contributed by atoms with E-state index >= 15 is 0 Å². The average Bonchev–Trinajstić information content (AvgIpc) is 2.22. The Bertz CT molecular complexity index is 500. The van der Waals surface area contributed by atoms with Crippen molar-refractivity contribution >= 4 is 20.2 Å². The predicted molar refractivity (Wildman–Crippen MR) is 84.3 cm³/mol. The average molecular weight is 363 g/mol. The van der Waals surface area contributed by atoms with Crippen molar-refractivity contribution in [1.29, 1.82) is 0 Å². The fraction of sp³-hybridized carbons (Fsp3) is 1.00. The minimum atomic E-state index is -4.17. The van der Waals surface area contributed by atoms with E-state index in [1.165, 1.54) is 0 Å². The first-order valence-electron chi connectivity index (χ1n) is 7.13. The van der Waals surface area contributed by atoms with Gasteiger partial charge in [0.15, 0.2) is 0 Å². The molecule has 0 amide bonds. The topological polar surface area (TPSA) is 114 Å². The van der Waals surface area contributed by atoms with E-state index in [2.05, 4.69) is 0 Å². The standard InChI is InChI=1S/C12H28N2O6S2/c1-13(2,7-5-11-21(15,16)17)9-10-14(3,4)8-6-12-22(18,19)20/h5-12H2,1-4H3/p+2. The zero-order chi connectivity index (χ0) is 17.7. The number of nitrogens with zero attached hydrogens (tertiary/aromatic N) is 2. The molecular formula is C12H30N2O6S2+2. The van der Waals surface area contributed by atoms with E-state index in [9.17, 15) is 25.9 Å². The van der Waals surface area contributed by atoms with E-state index in [0.717, 1.165) is 13.1 Å². The highest BCUT2D eigenvalue weighted by atomic mass is 32.2. The summed E-state index contributed by atoms with van der Waals surface area (Å²) in [5.41, 5.74) is 0. The first-order chi connectivity index (χ1) is 9.62. The van der Waals surface area contributed by atoms with Crippen LogP contribution in [-0.4, -0.2) is 101 Å². The summed E-state index contributed by atoms with van der Waals surface area (Å²) in [5.74, 6) is -0.706. The fourth-order valence-electron chi connectivity index (χ4n) is 2.10. The van der Waals surface area contributed by atoms with Gasteiger partial charge in [-0.1, -0.05) is 0 Å². The normalized spacial score (nSPS) is 14.3. The fourth-order valence-corrected chi connectivity index (χ4v) is 3.07. The Hall–Kier alpha value is -0.260. The maximum Gasteiger partial charge on any atom is 1.00 e. The molecule has 0 aliphatic rings. The van der Waals surface area contributed by atoms with Gasteiger partial charge in [0, 0.05) is 24.3 Å². The molecule has 0 aliphatic heterocycles. The summed E-state index contributed by atoms with van der Waals surface area (Å²) in [6.07, 6.45) is 0.640. The van der Waals surface area contributed by atoms with Crippen LogP contribution in [0.1, 0.15) is 15.7 Å². The van der Waals surface area contributed by atoms with Gasteiger partial charge in [-0.3, -0.25) is 0 Å². The molecule has 0 aromatic carbocycles. The van der Waals surface area contributed by atoms with Crippen molar-refractivity contribution in [2.24, 2.45) is 0 Å². The first-order valence-corrected chi connectivity index (χ1v) is 10.3. The van der Waals surface area contributed by atoms with E-state index in [1.54, 1.807) is 0 Å². The second-order valence-corrected chi connectivity index (χ2v) is 10.0. The molecule has 0 atom stereocenters. The molecule has 0 bridgehead atoms. The van der Waals surface area contributed by atoms with Crippen LogP contribution in [0, 0.1) is 0 Å². The summed E-state index contributed by atoms with van der Waals surface area (Å²) < 4.78 is 64.7. The molecule has 0 saturated carbocycles. The van der Waals surface area contributed by atoms with Crippen molar-refractivity contribution in [2.45, 2.75) is 12.8 Å². The minimum absolute atomic E-state index is 0. The lowest BCUT2D eigenvalue weighted by Crippen LogP contribution is -2.51. The number of rotatable bonds is 11. The Labute approximate surface area is 137 Å². The van der Waals surface area contributed by atoms with Crippen LogP contribution >= 0.6 is 0 Å². The summed E-state index contributed by atoms with van der Waals surface area (Å²) in [7, 11) is -0.501. The predicted octanol–water partition coefficient (Wildman–Crippen LogP) is -0.765. The molecule has 134 valence electrons. The van der Waals surface area contributed by atoms with Crippen LogP contribution in [0.4, 0.5) is 0 Å². The van der Waals surface area contributed by atoms with Gasteiger partial charge in [0.05, 0.1) is 61.5 Å². The molecule has 0 unspecified atom stereocenters. The van der Waals surface area contributed by atoms with Gasteiger partial charge in [-0.15, -0.1) is 0 Å². The minimum Gasteiger partial charge on any atom is -0.748 e. The Kier molecular flexibility index (Phi) is 7.93. The number of hydrogen-bond acceptors (Lipinski definition) is 6. The lowest BCUT2D eigenvalue weighted by molar-refractivity contribution is -0.945. The summed E-state index contributed by atoms with van der Waals surface area (Å²) in [6.45, 7) is 2.68. The zero-order valence-corrected chi connectivity index (χ0v) is 15.5. The van der Waals surface area contributed by atoms with E-state index in [1.807, 2.05) is 28.2 Å². The maximum absolute atomic E-state index is 10.6. The monoisotopic (exact) mass is 362 g/mol. The molecule has 0 heterocycles. The Morgan fingerprint density at radius 3 is 1.18 bits per heavy atom. The molecule has 0 fully saturated rings. The SMILES string of the molecule is C[N+](C)(CCCS(=O)(=O)[O-])CC[N+](C)(C)CCCS(=O)(=O)[O-].[H+].[H+]. The van der Waals surface area contributed by atoms with Crippen molar-refractivity contribution in [3.63, 3.8) is 0 Å². The van der Waals surface area contributed by atoms with Crippen molar-refractivity contribution < 1.29 is 37.8 Å². The van der Waals surface area contributed by atoms with Gasteiger partial charge in [-0.2, -0.15) is 0 Å². The molecule has 0 N–H and O–H groups in total. The highest BCUT2D eigenvalue weighted by molar-refractivity contribution is 7.85. The van der Waals surface area contributed by atoms with Crippen LogP contribution < -0.4 is 0 Å². The third kappa shape index (κ3) is 13.4. The summed E-state index contributed by atoms with van der Waals surface area (Å²) in [4.78, 5) is 0. The van der Waals surface area contributed by atoms with E-state index in [0.29, 0.717) is 34.9 Å². The van der Waals surface area contributed by atoms with Crippen LogP contribution in [0.2, 0.25) is 0 Å². The summed E-state index contributed by atoms with van der Waals surface area (Å²) >= 11 is 0. The van der Waals surface area contributed by atoms with Gasteiger partial charge < -0.3 is 18.1 Å². The second kappa shape index (κ2) is 8.02. The molecule has 0 spiro atoms. The smallest absolute Gasteiger partial charge is 0.748 e. The van der Waals surface area contributed by atoms with E-state index < -0.39 is 20.2 Å². The van der Waals surface area contributed by atoms with Crippen LogP contribution in [0.25, 0.3) is 0 Å². The number of hydrogen-bond donors (Lipinski definition) is 0. The summed E-state index contributed by atoms with van der Waals surface area (Å²) in [5, 5.41) is 0. The molecule has 0 aromatic heterocycles. The van der Waals surface area contributed by atoms with Crippen molar-refractivity contribution in [1.82, 2.24) is 0 Å². The molecule has 22 heavy (non-hydrogen) atoms. The molecule has 0 aliphatic carbocycles. The van der Waals surface area contributed by atoms with Gasteiger partial charge >= 0.3 is 2.85 Å². The zero-order valence-electron chi connectivity index (χ0n) is 15.8. The van der Waals surface area contributed by atoms with E-state index in [-0.39, 0.29) is 14.4 Å². The lowest BCUT2D eigenvalue weighted by Gasteiger charge is -2.36. The molecule has 8 nitrogen and oxygen atoms in total.